The molecule has 0 saturated carbocycles. The minimum atomic E-state index is -0.171. The van der Waals surface area contributed by atoms with E-state index in [4.69, 9.17) is 14.2 Å². The second kappa shape index (κ2) is 11.2. The van der Waals surface area contributed by atoms with Gasteiger partial charge in [0.15, 0.2) is 17.2 Å². The third-order valence-corrected chi connectivity index (χ3v) is 5.49. The Bertz CT molecular complexity index is 1340. The van der Waals surface area contributed by atoms with Gasteiger partial charge >= 0.3 is 0 Å². The highest BCUT2D eigenvalue weighted by atomic mass is 16.5. The van der Waals surface area contributed by atoms with Crippen LogP contribution < -0.4 is 19.8 Å². The number of hydrogen-bond donors (Lipinski definition) is 0. The zero-order valence-electron chi connectivity index (χ0n) is 20.2. The molecule has 7 heteroatoms. The third kappa shape index (κ3) is 5.63. The van der Waals surface area contributed by atoms with E-state index in [1.54, 1.807) is 10.9 Å². The van der Waals surface area contributed by atoms with Gasteiger partial charge in [-0.25, -0.2) is 9.67 Å². The smallest absolute Gasteiger partial charge is 0.297 e. The fraction of sp³-hybridized carbons (Fsp3) is 0.214. The summed E-state index contributed by atoms with van der Waals surface area (Å²) in [5, 5.41) is 0. The van der Waals surface area contributed by atoms with Crippen LogP contribution >= 0.6 is 0 Å². The Hall–Kier alpha value is -4.26. The van der Waals surface area contributed by atoms with Gasteiger partial charge in [0.1, 0.15) is 19.0 Å². The minimum Gasteiger partial charge on any atom is -0.490 e. The van der Waals surface area contributed by atoms with Crippen molar-refractivity contribution in [2.75, 3.05) is 19.8 Å². The van der Waals surface area contributed by atoms with Crippen LogP contribution in [0.4, 0.5) is 5.69 Å². The van der Waals surface area contributed by atoms with Crippen LogP contribution in [-0.4, -0.2) is 35.4 Å². The molecule has 35 heavy (non-hydrogen) atoms. The Morgan fingerprint density at radius 2 is 1.54 bits per heavy atom. The van der Waals surface area contributed by atoms with Gasteiger partial charge in [-0.1, -0.05) is 36.4 Å². The molecule has 0 aliphatic carbocycles. The maximum Gasteiger partial charge on any atom is 0.297 e. The van der Waals surface area contributed by atoms with Gasteiger partial charge in [0.05, 0.1) is 18.0 Å². The molecule has 0 aliphatic rings. The van der Waals surface area contributed by atoms with E-state index in [2.05, 4.69) is 4.99 Å². The van der Waals surface area contributed by atoms with Crippen molar-refractivity contribution in [3.8, 4) is 22.9 Å². The summed E-state index contributed by atoms with van der Waals surface area (Å²) >= 11 is 0. The highest BCUT2D eigenvalue weighted by Crippen LogP contribution is 2.28. The Morgan fingerprint density at radius 1 is 0.857 bits per heavy atom. The summed E-state index contributed by atoms with van der Waals surface area (Å²) in [5.74, 6) is 2.04. The van der Waals surface area contributed by atoms with Crippen LogP contribution in [0.1, 0.15) is 18.2 Å². The summed E-state index contributed by atoms with van der Waals surface area (Å²) in [6.45, 7) is 5.09. The first kappa shape index (κ1) is 23.9. The second-order valence-corrected chi connectivity index (χ2v) is 7.82. The van der Waals surface area contributed by atoms with Gasteiger partial charge in [0.2, 0.25) is 0 Å². The van der Waals surface area contributed by atoms with Crippen LogP contribution in [0, 0.1) is 6.92 Å². The Morgan fingerprint density at radius 3 is 2.26 bits per heavy atom. The molecule has 0 amide bonds. The van der Waals surface area contributed by atoms with E-state index >= 15 is 0 Å². The SMILES string of the molecule is CCOc1cc(C=Nc2c(C)n(C)n(-c3ccccc3)c2=O)ccc1OCCOc1ccccc1. The molecule has 1 aromatic heterocycles. The first-order valence-corrected chi connectivity index (χ1v) is 11.5. The van der Waals surface area contributed by atoms with E-state index in [1.165, 1.54) is 0 Å². The van der Waals surface area contributed by atoms with Crippen LogP contribution in [-0.2, 0) is 7.05 Å². The molecule has 1 heterocycles. The Labute approximate surface area is 204 Å². The standard InChI is InChI=1S/C28H29N3O4/c1-4-33-26-19-22(15-16-25(26)35-18-17-34-24-13-9-6-10-14-24)20-29-27-21(2)30(3)31(28(27)32)23-11-7-5-8-12-23/h5-16,19-20H,4,17-18H2,1-3H3. The molecule has 0 atom stereocenters. The normalized spacial score (nSPS) is 11.1. The molecule has 0 spiro atoms. The molecule has 3 aromatic carbocycles. The molecule has 180 valence electrons. The molecular formula is C28H29N3O4. The van der Waals surface area contributed by atoms with E-state index in [0.29, 0.717) is 37.0 Å². The number of hydrogen-bond acceptors (Lipinski definition) is 5. The van der Waals surface area contributed by atoms with Crippen molar-refractivity contribution < 1.29 is 14.2 Å². The van der Waals surface area contributed by atoms with Gasteiger partial charge in [-0.05, 0) is 61.9 Å². The van der Waals surface area contributed by atoms with Gasteiger partial charge in [-0.2, -0.15) is 0 Å². The van der Waals surface area contributed by atoms with Crippen LogP contribution in [0.3, 0.4) is 0 Å². The Kier molecular flexibility index (Phi) is 7.67. The lowest BCUT2D eigenvalue weighted by molar-refractivity contribution is 0.208. The zero-order valence-corrected chi connectivity index (χ0v) is 20.2. The predicted molar refractivity (Wildman–Crippen MR) is 138 cm³/mol. The molecule has 4 aromatic rings. The first-order valence-electron chi connectivity index (χ1n) is 11.5. The quantitative estimate of drug-likeness (QED) is 0.239. The summed E-state index contributed by atoms with van der Waals surface area (Å²) < 4.78 is 20.8. The first-order chi connectivity index (χ1) is 17.1. The number of ether oxygens (including phenoxy) is 3. The zero-order chi connectivity index (χ0) is 24.6. The fourth-order valence-corrected chi connectivity index (χ4v) is 3.66. The molecule has 0 unspecified atom stereocenters. The molecule has 0 aliphatic heterocycles. The number of nitrogens with zero attached hydrogens (tertiary/aromatic N) is 3. The van der Waals surface area contributed by atoms with Crippen molar-refractivity contribution in [3.05, 3.63) is 100 Å². The van der Waals surface area contributed by atoms with Crippen molar-refractivity contribution in [3.63, 3.8) is 0 Å². The van der Waals surface area contributed by atoms with Crippen molar-refractivity contribution in [2.24, 2.45) is 12.0 Å². The molecule has 0 N–H and O–H groups in total. The molecule has 0 bridgehead atoms. The van der Waals surface area contributed by atoms with Crippen LogP contribution in [0.5, 0.6) is 17.2 Å². The van der Waals surface area contributed by atoms with Crippen molar-refractivity contribution in [2.45, 2.75) is 13.8 Å². The summed E-state index contributed by atoms with van der Waals surface area (Å²) in [5.41, 5.74) is 2.60. The van der Waals surface area contributed by atoms with E-state index in [-0.39, 0.29) is 5.56 Å². The van der Waals surface area contributed by atoms with E-state index in [1.807, 2.05) is 104 Å². The van der Waals surface area contributed by atoms with E-state index in [0.717, 1.165) is 22.7 Å². The van der Waals surface area contributed by atoms with E-state index in [9.17, 15) is 4.79 Å². The number of aromatic nitrogens is 2. The van der Waals surface area contributed by atoms with Gasteiger partial charge in [0, 0.05) is 13.3 Å². The van der Waals surface area contributed by atoms with Crippen molar-refractivity contribution in [1.29, 1.82) is 0 Å². The minimum absolute atomic E-state index is 0.171. The lowest BCUT2D eigenvalue weighted by Crippen LogP contribution is -2.19. The maximum absolute atomic E-state index is 13.1. The second-order valence-electron chi connectivity index (χ2n) is 7.82. The van der Waals surface area contributed by atoms with Gasteiger partial charge < -0.3 is 14.2 Å². The number of benzene rings is 3. The summed E-state index contributed by atoms with van der Waals surface area (Å²) in [4.78, 5) is 17.6. The van der Waals surface area contributed by atoms with Gasteiger partial charge in [-0.3, -0.25) is 9.48 Å². The molecule has 0 saturated heterocycles. The largest absolute Gasteiger partial charge is 0.490 e. The van der Waals surface area contributed by atoms with Crippen molar-refractivity contribution >= 4 is 11.9 Å². The topological polar surface area (TPSA) is 67.0 Å². The molecule has 0 radical (unpaired) electrons. The predicted octanol–water partition coefficient (Wildman–Crippen LogP) is 5.09. The average Bonchev–Trinajstić information content (AvgIpc) is 3.10. The van der Waals surface area contributed by atoms with Gasteiger partial charge in [-0.15, -0.1) is 0 Å². The lowest BCUT2D eigenvalue weighted by Gasteiger charge is -2.13. The summed E-state index contributed by atoms with van der Waals surface area (Å²) in [6, 6.07) is 24.7. The molecular weight excluding hydrogens is 442 g/mol. The molecule has 7 nitrogen and oxygen atoms in total. The summed E-state index contributed by atoms with van der Waals surface area (Å²) in [6.07, 6.45) is 1.67. The van der Waals surface area contributed by atoms with E-state index < -0.39 is 0 Å². The highest BCUT2D eigenvalue weighted by molar-refractivity contribution is 5.83. The van der Waals surface area contributed by atoms with Crippen LogP contribution in [0.15, 0.2) is 88.6 Å². The maximum atomic E-state index is 13.1. The highest BCUT2D eigenvalue weighted by Gasteiger charge is 2.15. The number of aliphatic imine (C=N–C) groups is 1. The molecule has 4 rings (SSSR count). The summed E-state index contributed by atoms with van der Waals surface area (Å²) in [7, 11) is 1.85. The van der Waals surface area contributed by atoms with Crippen LogP contribution in [0.25, 0.3) is 5.69 Å². The van der Waals surface area contributed by atoms with Gasteiger partial charge in [0.25, 0.3) is 5.56 Å². The molecule has 0 fully saturated rings. The number of para-hydroxylation sites is 2. The Balaban J connectivity index is 1.49. The number of rotatable bonds is 10. The van der Waals surface area contributed by atoms with Crippen LogP contribution in [0.2, 0.25) is 0 Å². The monoisotopic (exact) mass is 471 g/mol. The lowest BCUT2D eigenvalue weighted by atomic mass is 10.2. The third-order valence-electron chi connectivity index (χ3n) is 5.49. The fourth-order valence-electron chi connectivity index (χ4n) is 3.66. The van der Waals surface area contributed by atoms with Crippen molar-refractivity contribution in [1.82, 2.24) is 9.36 Å². The average molecular weight is 472 g/mol.